The fourth-order valence-corrected chi connectivity index (χ4v) is 4.96. The second kappa shape index (κ2) is 11.9. The van der Waals surface area contributed by atoms with E-state index in [0.29, 0.717) is 28.9 Å². The second-order valence-electron chi connectivity index (χ2n) is 8.39. The molecule has 37 heavy (non-hydrogen) atoms. The van der Waals surface area contributed by atoms with E-state index in [1.165, 1.54) is 6.33 Å². The molecule has 0 spiro atoms. The van der Waals surface area contributed by atoms with Gasteiger partial charge in [0.15, 0.2) is 5.75 Å². The molecule has 3 heterocycles. The van der Waals surface area contributed by atoms with Crippen molar-refractivity contribution >= 4 is 34.4 Å². The number of nitrogens with one attached hydrogen (secondary N) is 2. The van der Waals surface area contributed by atoms with Gasteiger partial charge in [-0.25, -0.2) is 15.0 Å². The number of nitrogens with zero attached hydrogens (tertiary/aromatic N) is 4. The van der Waals surface area contributed by atoms with Gasteiger partial charge in [-0.3, -0.25) is 9.78 Å². The monoisotopic (exact) mass is 518 g/mol. The van der Waals surface area contributed by atoms with E-state index in [9.17, 15) is 4.79 Å². The smallest absolute Gasteiger partial charge is 0.256 e. The van der Waals surface area contributed by atoms with Crippen LogP contribution in [0, 0.1) is 0 Å². The Hall–Kier alpha value is -3.92. The van der Waals surface area contributed by atoms with Crippen LogP contribution in [0.5, 0.6) is 11.6 Å². The second-order valence-corrected chi connectivity index (χ2v) is 9.75. The third-order valence-electron chi connectivity index (χ3n) is 6.26. The molecular formula is C27H30N6O3S. The first-order valence-electron chi connectivity index (χ1n) is 11.8. The molecule has 0 aliphatic carbocycles. The predicted octanol–water partition coefficient (Wildman–Crippen LogP) is 4.76. The van der Waals surface area contributed by atoms with Gasteiger partial charge in [0.25, 0.3) is 11.8 Å². The molecule has 1 amide bonds. The van der Waals surface area contributed by atoms with Gasteiger partial charge >= 0.3 is 0 Å². The molecule has 2 atom stereocenters. The van der Waals surface area contributed by atoms with Crippen LogP contribution in [0.3, 0.4) is 0 Å². The normalized spacial score (nSPS) is 12.6. The topological polar surface area (TPSA) is 111 Å². The maximum atomic E-state index is 12.3. The highest BCUT2D eigenvalue weighted by Gasteiger charge is 2.20. The molecule has 1 aromatic carbocycles. The van der Waals surface area contributed by atoms with Crippen molar-refractivity contribution in [2.75, 3.05) is 32.5 Å². The van der Waals surface area contributed by atoms with Crippen molar-refractivity contribution in [2.24, 2.45) is 0 Å². The number of thioether (sulfide) groups is 1. The molecule has 4 rings (SSSR count). The van der Waals surface area contributed by atoms with Gasteiger partial charge in [0.2, 0.25) is 0 Å². The summed E-state index contributed by atoms with van der Waals surface area (Å²) in [7, 11) is 4.76. The quantitative estimate of drug-likeness (QED) is 0.287. The molecule has 10 heteroatoms. The van der Waals surface area contributed by atoms with E-state index in [-0.39, 0.29) is 17.1 Å². The molecule has 4 aromatic rings. The number of rotatable bonds is 10. The minimum Gasteiger partial charge on any atom is -0.491 e. The predicted molar refractivity (Wildman–Crippen MR) is 147 cm³/mol. The SMILES string of the molecule is CNC(=O)c1ccnc2c(C(C)[C@H](C)SCNc3cc(-c4cnc(OC)c(OC)c4)ncn3)cccc12. The van der Waals surface area contributed by atoms with Crippen LogP contribution >= 0.6 is 11.8 Å². The lowest BCUT2D eigenvalue weighted by Gasteiger charge is -2.22. The lowest BCUT2D eigenvalue weighted by atomic mass is 9.94. The fraction of sp³-hybridized carbons (Fsp3) is 0.296. The molecule has 9 nitrogen and oxygen atoms in total. The Labute approximate surface area is 220 Å². The number of hydrogen-bond acceptors (Lipinski definition) is 9. The molecule has 192 valence electrons. The largest absolute Gasteiger partial charge is 0.491 e. The van der Waals surface area contributed by atoms with Crippen LogP contribution in [0.15, 0.2) is 55.1 Å². The zero-order valence-corrected chi connectivity index (χ0v) is 22.3. The van der Waals surface area contributed by atoms with E-state index in [1.807, 2.05) is 24.3 Å². The van der Waals surface area contributed by atoms with Gasteiger partial charge in [-0.15, -0.1) is 11.8 Å². The number of carbonyl (C=O) groups is 1. The maximum absolute atomic E-state index is 12.3. The van der Waals surface area contributed by atoms with Crippen LogP contribution in [-0.4, -0.2) is 58.2 Å². The van der Waals surface area contributed by atoms with Crippen LogP contribution in [0.4, 0.5) is 5.82 Å². The standard InChI is InChI=1S/C27H30N6O3S/c1-16(19-7-6-8-20-21(26(34)28-3)9-10-29-25(19)20)17(2)37-15-33-24-12-22(31-14-32-24)18-11-23(35-4)27(36-5)30-13-18/h6-14,16-17H,15H2,1-5H3,(H,28,34)(H,31,32,33)/t16?,17-/m0/s1. The number of hydrogen-bond donors (Lipinski definition) is 2. The molecule has 0 saturated carbocycles. The van der Waals surface area contributed by atoms with E-state index in [2.05, 4.69) is 50.5 Å². The molecule has 3 aromatic heterocycles. The Kier molecular flexibility index (Phi) is 8.39. The van der Waals surface area contributed by atoms with Gasteiger partial charge in [0.05, 0.1) is 36.9 Å². The maximum Gasteiger partial charge on any atom is 0.256 e. The van der Waals surface area contributed by atoms with E-state index in [0.717, 1.165) is 27.7 Å². The van der Waals surface area contributed by atoms with Crippen molar-refractivity contribution in [3.63, 3.8) is 0 Å². The van der Waals surface area contributed by atoms with Gasteiger partial charge in [-0.2, -0.15) is 0 Å². The molecule has 0 aliphatic heterocycles. The summed E-state index contributed by atoms with van der Waals surface area (Å²) in [5.41, 5.74) is 4.14. The van der Waals surface area contributed by atoms with E-state index in [4.69, 9.17) is 9.47 Å². The Bertz CT molecular complexity index is 1400. The lowest BCUT2D eigenvalue weighted by Crippen LogP contribution is -2.18. The van der Waals surface area contributed by atoms with Gasteiger partial charge in [-0.1, -0.05) is 32.0 Å². The molecule has 0 aliphatic rings. The average Bonchev–Trinajstić information content (AvgIpc) is 2.95. The zero-order chi connectivity index (χ0) is 26.4. The van der Waals surface area contributed by atoms with Crippen LogP contribution in [-0.2, 0) is 0 Å². The lowest BCUT2D eigenvalue weighted by molar-refractivity contribution is 0.0964. The number of para-hydroxylation sites is 1. The van der Waals surface area contributed by atoms with Crippen LogP contribution < -0.4 is 20.1 Å². The summed E-state index contributed by atoms with van der Waals surface area (Å²) in [5.74, 6) is 2.43. The molecule has 1 unspecified atom stereocenters. The molecule has 2 N–H and O–H groups in total. The van der Waals surface area contributed by atoms with Gasteiger partial charge < -0.3 is 20.1 Å². The number of fused-ring (bicyclic) bond motifs is 1. The van der Waals surface area contributed by atoms with Crippen LogP contribution in [0.2, 0.25) is 0 Å². The molecule has 0 fully saturated rings. The van der Waals surface area contributed by atoms with Crippen LogP contribution in [0.1, 0.15) is 35.7 Å². The third kappa shape index (κ3) is 5.75. The number of methoxy groups -OCH3 is 2. The summed E-state index contributed by atoms with van der Waals surface area (Å²) in [6.07, 6.45) is 4.92. The van der Waals surface area contributed by atoms with Crippen molar-refractivity contribution in [2.45, 2.75) is 25.0 Å². The molecule has 0 saturated heterocycles. The van der Waals surface area contributed by atoms with Gasteiger partial charge in [0.1, 0.15) is 12.1 Å². The summed E-state index contributed by atoms with van der Waals surface area (Å²) in [5, 5.41) is 7.23. The number of ether oxygens (including phenoxy) is 2. The number of aromatic nitrogens is 4. The third-order valence-corrected chi connectivity index (χ3v) is 7.51. The molecule has 0 bridgehead atoms. The molecule has 0 radical (unpaired) electrons. The average molecular weight is 519 g/mol. The van der Waals surface area contributed by atoms with Gasteiger partial charge in [-0.05, 0) is 23.6 Å². The Morgan fingerprint density at radius 3 is 2.65 bits per heavy atom. The number of carbonyl (C=O) groups excluding carboxylic acids is 1. The zero-order valence-electron chi connectivity index (χ0n) is 21.5. The minimum absolute atomic E-state index is 0.114. The van der Waals surface area contributed by atoms with Crippen molar-refractivity contribution in [1.29, 1.82) is 0 Å². The van der Waals surface area contributed by atoms with E-state index in [1.54, 1.807) is 51.5 Å². The highest BCUT2D eigenvalue weighted by atomic mass is 32.2. The first-order chi connectivity index (χ1) is 18.0. The fourth-order valence-electron chi connectivity index (χ4n) is 4.03. The van der Waals surface area contributed by atoms with E-state index < -0.39 is 0 Å². The Morgan fingerprint density at radius 2 is 1.89 bits per heavy atom. The molecular weight excluding hydrogens is 488 g/mol. The minimum atomic E-state index is -0.114. The summed E-state index contributed by atoms with van der Waals surface area (Å²) in [4.78, 5) is 29.9. The highest BCUT2D eigenvalue weighted by Crippen LogP contribution is 2.33. The first-order valence-corrected chi connectivity index (χ1v) is 12.9. The van der Waals surface area contributed by atoms with Crippen molar-refractivity contribution < 1.29 is 14.3 Å². The Morgan fingerprint density at radius 1 is 1.05 bits per heavy atom. The summed E-state index contributed by atoms with van der Waals surface area (Å²) >= 11 is 1.78. The Balaban J connectivity index is 1.44. The summed E-state index contributed by atoms with van der Waals surface area (Å²) in [6.45, 7) is 4.38. The summed E-state index contributed by atoms with van der Waals surface area (Å²) < 4.78 is 10.6. The summed E-state index contributed by atoms with van der Waals surface area (Å²) in [6, 6.07) is 11.5. The van der Waals surface area contributed by atoms with Gasteiger partial charge in [0, 0.05) is 41.7 Å². The van der Waals surface area contributed by atoms with E-state index >= 15 is 0 Å². The first kappa shape index (κ1) is 26.2. The number of anilines is 1. The number of pyridine rings is 2. The van der Waals surface area contributed by atoms with Crippen molar-refractivity contribution in [3.8, 4) is 22.9 Å². The van der Waals surface area contributed by atoms with Crippen molar-refractivity contribution in [3.05, 3.63) is 66.2 Å². The number of benzene rings is 1. The highest BCUT2D eigenvalue weighted by molar-refractivity contribution is 8.00. The van der Waals surface area contributed by atoms with Crippen molar-refractivity contribution in [1.82, 2.24) is 25.3 Å². The van der Waals surface area contributed by atoms with Crippen LogP contribution in [0.25, 0.3) is 22.2 Å². The number of amides is 1.